The Morgan fingerprint density at radius 3 is 2.79 bits per heavy atom. The number of rotatable bonds is 6. The van der Waals surface area contributed by atoms with Crippen LogP contribution in [-0.4, -0.2) is 34.3 Å². The fourth-order valence-electron chi connectivity index (χ4n) is 4.09. The quantitative estimate of drug-likeness (QED) is 0.340. The number of amidine groups is 1. The molecule has 1 aliphatic rings. The Labute approximate surface area is 204 Å². The van der Waals surface area contributed by atoms with Crippen molar-refractivity contribution in [3.05, 3.63) is 83.1 Å². The maximum atomic E-state index is 6.53. The van der Waals surface area contributed by atoms with Crippen LogP contribution in [-0.2, 0) is 6.61 Å². The highest BCUT2D eigenvalue weighted by atomic mass is 35.5. The number of ether oxygens (including phenoxy) is 1. The number of likely N-dealkylation sites (tertiary alicyclic amines) is 1. The van der Waals surface area contributed by atoms with Gasteiger partial charge in [0.15, 0.2) is 0 Å². The van der Waals surface area contributed by atoms with Gasteiger partial charge in [-0.15, -0.1) is 0 Å². The van der Waals surface area contributed by atoms with Gasteiger partial charge in [-0.2, -0.15) is 0 Å². The number of nitrogens with one attached hydrogen (secondary N) is 1. The summed E-state index contributed by atoms with van der Waals surface area (Å²) in [5.41, 5.74) is 4.88. The number of benzene rings is 3. The van der Waals surface area contributed by atoms with E-state index in [0.717, 1.165) is 53.1 Å². The van der Waals surface area contributed by atoms with Crippen molar-refractivity contribution < 1.29 is 4.74 Å². The molecule has 2 heterocycles. The number of hydrogen-bond donors (Lipinski definition) is 1. The third-order valence-electron chi connectivity index (χ3n) is 5.88. The zero-order chi connectivity index (χ0) is 23.5. The van der Waals surface area contributed by atoms with Crippen LogP contribution in [0.4, 0.5) is 17.2 Å². The largest absolute Gasteiger partial charge is 0.487 e. The second kappa shape index (κ2) is 9.69. The maximum absolute atomic E-state index is 6.53. The van der Waals surface area contributed by atoms with Crippen molar-refractivity contribution in [2.24, 2.45) is 4.99 Å². The van der Waals surface area contributed by atoms with Gasteiger partial charge in [-0.25, -0.2) is 15.0 Å². The minimum absolute atomic E-state index is 0.463. The van der Waals surface area contributed by atoms with Gasteiger partial charge < -0.3 is 15.0 Å². The number of aryl methyl sites for hydroxylation is 1. The minimum atomic E-state index is 0.463. The van der Waals surface area contributed by atoms with Crippen LogP contribution in [0.2, 0.25) is 5.02 Å². The summed E-state index contributed by atoms with van der Waals surface area (Å²) < 4.78 is 5.94. The molecular weight excluding hydrogens is 446 g/mol. The Bertz CT molecular complexity index is 1370. The molecule has 4 aromatic rings. The number of nitrogens with zero attached hydrogens (tertiary/aromatic N) is 4. The molecule has 1 aromatic heterocycles. The third kappa shape index (κ3) is 4.97. The SMILES string of the molecule is Cc1cccc(COc2ccc(Nc3ncnc4ccc(N=C5CCCN5C)cc34)cc2Cl)c1. The molecule has 0 bridgehead atoms. The molecule has 6 nitrogen and oxygen atoms in total. The van der Waals surface area contributed by atoms with Crippen molar-refractivity contribution >= 4 is 45.5 Å². The standard InChI is InChI=1S/C27H26ClN5O/c1-18-5-3-6-19(13-18)16-34-25-11-9-21(15-23(25)28)32-27-22-14-20(8-10-24(22)29-17-30-27)31-26-7-4-12-33(26)2/h3,5-6,8-11,13-15,17H,4,7,12,16H2,1-2H3,(H,29,30,32). The monoisotopic (exact) mass is 471 g/mol. The van der Waals surface area contributed by atoms with Crippen molar-refractivity contribution in [3.63, 3.8) is 0 Å². The third-order valence-corrected chi connectivity index (χ3v) is 6.18. The van der Waals surface area contributed by atoms with Gasteiger partial charge in [-0.1, -0.05) is 41.4 Å². The van der Waals surface area contributed by atoms with Gasteiger partial charge in [0, 0.05) is 31.1 Å². The van der Waals surface area contributed by atoms with E-state index in [0.29, 0.717) is 23.2 Å². The minimum Gasteiger partial charge on any atom is -0.487 e. The number of anilines is 2. The summed E-state index contributed by atoms with van der Waals surface area (Å²) in [6, 6.07) is 19.9. The van der Waals surface area contributed by atoms with Crippen molar-refractivity contribution in [1.82, 2.24) is 14.9 Å². The van der Waals surface area contributed by atoms with Crippen molar-refractivity contribution in [2.75, 3.05) is 18.9 Å². The second-order valence-electron chi connectivity index (χ2n) is 8.52. The predicted molar refractivity (Wildman–Crippen MR) is 139 cm³/mol. The molecule has 1 fully saturated rings. The molecule has 7 heteroatoms. The van der Waals surface area contributed by atoms with E-state index in [-0.39, 0.29) is 0 Å². The zero-order valence-electron chi connectivity index (χ0n) is 19.3. The van der Waals surface area contributed by atoms with Crippen LogP contribution in [0.3, 0.4) is 0 Å². The summed E-state index contributed by atoms with van der Waals surface area (Å²) in [6.45, 7) is 3.58. The average molecular weight is 472 g/mol. The first-order chi connectivity index (χ1) is 16.5. The maximum Gasteiger partial charge on any atom is 0.141 e. The normalized spacial score (nSPS) is 14.7. The lowest BCUT2D eigenvalue weighted by Gasteiger charge is -2.13. The molecule has 1 N–H and O–H groups in total. The molecule has 5 rings (SSSR count). The van der Waals surface area contributed by atoms with Crippen molar-refractivity contribution in [1.29, 1.82) is 0 Å². The Balaban J connectivity index is 1.36. The molecular formula is C27H26ClN5O. The molecule has 0 radical (unpaired) electrons. The van der Waals surface area contributed by atoms with Gasteiger partial charge in [0.1, 0.15) is 30.3 Å². The van der Waals surface area contributed by atoms with E-state index >= 15 is 0 Å². The lowest BCUT2D eigenvalue weighted by atomic mass is 10.1. The highest BCUT2D eigenvalue weighted by Crippen LogP contribution is 2.32. The summed E-state index contributed by atoms with van der Waals surface area (Å²) in [6.07, 6.45) is 3.70. The van der Waals surface area contributed by atoms with E-state index in [1.54, 1.807) is 6.33 Å². The lowest BCUT2D eigenvalue weighted by molar-refractivity contribution is 0.306. The molecule has 172 valence electrons. The van der Waals surface area contributed by atoms with Crippen LogP contribution in [0.1, 0.15) is 24.0 Å². The smallest absolute Gasteiger partial charge is 0.141 e. The number of fused-ring (bicyclic) bond motifs is 1. The van der Waals surface area contributed by atoms with Crippen LogP contribution in [0.15, 0.2) is 72.0 Å². The molecule has 0 atom stereocenters. The van der Waals surface area contributed by atoms with Gasteiger partial charge >= 0.3 is 0 Å². The van der Waals surface area contributed by atoms with Crippen LogP contribution in [0.5, 0.6) is 5.75 Å². The van der Waals surface area contributed by atoms with E-state index in [9.17, 15) is 0 Å². The Morgan fingerprint density at radius 2 is 2.00 bits per heavy atom. The van der Waals surface area contributed by atoms with E-state index < -0.39 is 0 Å². The van der Waals surface area contributed by atoms with Gasteiger partial charge in [-0.05, 0) is 55.3 Å². The summed E-state index contributed by atoms with van der Waals surface area (Å²) in [4.78, 5) is 15.9. The number of aromatic nitrogens is 2. The van der Waals surface area contributed by atoms with Crippen molar-refractivity contribution in [3.8, 4) is 5.75 Å². The predicted octanol–water partition coefficient (Wildman–Crippen LogP) is 6.67. The van der Waals surface area contributed by atoms with E-state index in [1.807, 2.05) is 48.5 Å². The summed E-state index contributed by atoms with van der Waals surface area (Å²) in [7, 11) is 2.08. The van der Waals surface area contributed by atoms with E-state index in [2.05, 4.69) is 46.3 Å². The van der Waals surface area contributed by atoms with Gasteiger partial charge in [0.25, 0.3) is 0 Å². The lowest BCUT2D eigenvalue weighted by Crippen LogP contribution is -2.18. The number of aliphatic imine (C=N–C) groups is 1. The first-order valence-electron chi connectivity index (χ1n) is 11.3. The Hall–Kier alpha value is -3.64. The molecule has 1 aliphatic heterocycles. The number of hydrogen-bond acceptors (Lipinski definition) is 5. The summed E-state index contributed by atoms with van der Waals surface area (Å²) in [5, 5.41) is 4.81. The molecule has 0 amide bonds. The van der Waals surface area contributed by atoms with E-state index in [4.69, 9.17) is 21.3 Å². The van der Waals surface area contributed by atoms with Crippen LogP contribution < -0.4 is 10.1 Å². The topological polar surface area (TPSA) is 62.6 Å². The average Bonchev–Trinajstić information content (AvgIpc) is 3.23. The summed E-state index contributed by atoms with van der Waals surface area (Å²) >= 11 is 6.53. The van der Waals surface area contributed by atoms with Gasteiger partial charge in [0.2, 0.25) is 0 Å². The molecule has 3 aromatic carbocycles. The van der Waals surface area contributed by atoms with E-state index in [1.165, 1.54) is 5.56 Å². The molecule has 1 saturated heterocycles. The first-order valence-corrected chi connectivity index (χ1v) is 11.7. The summed E-state index contributed by atoms with van der Waals surface area (Å²) in [5.74, 6) is 2.45. The molecule has 0 aliphatic carbocycles. The van der Waals surface area contributed by atoms with Crippen LogP contribution >= 0.6 is 11.6 Å². The van der Waals surface area contributed by atoms with Crippen LogP contribution in [0.25, 0.3) is 10.9 Å². The molecule has 0 unspecified atom stereocenters. The highest BCUT2D eigenvalue weighted by molar-refractivity contribution is 6.32. The molecule has 34 heavy (non-hydrogen) atoms. The fourth-order valence-corrected chi connectivity index (χ4v) is 4.33. The molecule has 0 spiro atoms. The molecule has 0 saturated carbocycles. The number of halogens is 1. The second-order valence-corrected chi connectivity index (χ2v) is 8.93. The first kappa shape index (κ1) is 22.2. The van der Waals surface area contributed by atoms with Crippen molar-refractivity contribution in [2.45, 2.75) is 26.4 Å². The van der Waals surface area contributed by atoms with Gasteiger partial charge in [0.05, 0.1) is 16.2 Å². The fraction of sp³-hybridized carbons (Fsp3) is 0.222. The van der Waals surface area contributed by atoms with Crippen LogP contribution in [0, 0.1) is 6.92 Å². The Kier molecular flexibility index (Phi) is 6.32. The Morgan fingerprint density at radius 1 is 1.09 bits per heavy atom. The highest BCUT2D eigenvalue weighted by Gasteiger charge is 2.14. The van der Waals surface area contributed by atoms with Gasteiger partial charge in [-0.3, -0.25) is 0 Å². The zero-order valence-corrected chi connectivity index (χ0v) is 20.0.